The maximum atomic E-state index is 11.8. The van der Waals surface area contributed by atoms with Crippen molar-refractivity contribution >= 4 is 15.6 Å². The number of rotatable bonds is 7. The minimum Gasteiger partial charge on any atom is -0.394 e. The van der Waals surface area contributed by atoms with Crippen LogP contribution < -0.4 is 0 Å². The zero-order valence-electron chi connectivity index (χ0n) is 9.90. The summed E-state index contributed by atoms with van der Waals surface area (Å²) < 4.78 is 35.7. The van der Waals surface area contributed by atoms with Crippen LogP contribution in [0, 0.1) is 5.41 Å². The first-order valence-electron chi connectivity index (χ1n) is 4.74. The topological polar surface area (TPSA) is 123 Å². The third-order valence-corrected chi connectivity index (χ3v) is 3.80. The molecule has 3 N–H and O–H groups in total. The summed E-state index contributed by atoms with van der Waals surface area (Å²) in [5.74, 6) is 0. The van der Waals surface area contributed by atoms with Crippen LogP contribution in [0.15, 0.2) is 0 Å². The van der Waals surface area contributed by atoms with Crippen LogP contribution >= 0.6 is 15.6 Å². The van der Waals surface area contributed by atoms with E-state index in [-0.39, 0.29) is 6.61 Å². The van der Waals surface area contributed by atoms with E-state index in [2.05, 4.69) is 8.83 Å². The number of aliphatic hydroxyl groups excluding tert-OH is 1. The Bertz CT molecular complexity index is 316. The summed E-state index contributed by atoms with van der Waals surface area (Å²) in [5, 5.41) is 8.50. The number of phosphoric ester groups is 1. The number of hydrogen-bond donors (Lipinski definition) is 3. The summed E-state index contributed by atoms with van der Waals surface area (Å²) >= 11 is 0. The average Bonchev–Trinajstić information content (AvgIpc) is 2.08. The first-order chi connectivity index (χ1) is 7.47. The van der Waals surface area contributed by atoms with Gasteiger partial charge in [0, 0.05) is 0 Å². The zero-order chi connectivity index (χ0) is 13.7. The lowest BCUT2D eigenvalue weighted by atomic mass is 9.99. The summed E-state index contributed by atoms with van der Waals surface area (Å²) in [6.45, 7) is 4.31. The van der Waals surface area contributed by atoms with E-state index in [1.807, 2.05) is 0 Å². The molecule has 0 bridgehead atoms. The van der Waals surface area contributed by atoms with Crippen molar-refractivity contribution in [2.45, 2.75) is 20.8 Å². The molecule has 17 heavy (non-hydrogen) atoms. The Morgan fingerprint density at radius 1 is 1.12 bits per heavy atom. The summed E-state index contributed by atoms with van der Waals surface area (Å²) in [6, 6.07) is 0. The van der Waals surface area contributed by atoms with Crippen molar-refractivity contribution in [3.63, 3.8) is 0 Å². The van der Waals surface area contributed by atoms with Gasteiger partial charge in [0.15, 0.2) is 0 Å². The third kappa shape index (κ3) is 9.88. The normalized spacial score (nSPS) is 16.8. The second-order valence-electron chi connectivity index (χ2n) is 4.41. The zero-order valence-corrected chi connectivity index (χ0v) is 11.7. The van der Waals surface area contributed by atoms with Gasteiger partial charge in [-0.05, 0) is 5.41 Å². The Morgan fingerprint density at radius 3 is 2.00 bits per heavy atom. The van der Waals surface area contributed by atoms with E-state index >= 15 is 0 Å². The van der Waals surface area contributed by atoms with Crippen LogP contribution in [0.5, 0.6) is 0 Å². The lowest BCUT2D eigenvalue weighted by molar-refractivity contribution is 0.0934. The van der Waals surface area contributed by atoms with Crippen LogP contribution in [0.3, 0.4) is 0 Å². The quantitative estimate of drug-likeness (QED) is 0.599. The highest BCUT2D eigenvalue weighted by atomic mass is 31.3. The van der Waals surface area contributed by atoms with Gasteiger partial charge in [-0.2, -0.15) is 4.31 Å². The number of hydrogen-bond acceptors (Lipinski definition) is 6. The highest BCUT2D eigenvalue weighted by Gasteiger charge is 2.37. The van der Waals surface area contributed by atoms with E-state index in [4.69, 9.17) is 19.4 Å². The molecule has 0 saturated carbocycles. The molecule has 1 unspecified atom stereocenters. The summed E-state index contributed by atoms with van der Waals surface area (Å²) in [7, 11) is -9.38. The molecule has 0 aliphatic carbocycles. The van der Waals surface area contributed by atoms with E-state index in [1.54, 1.807) is 20.8 Å². The Balaban J connectivity index is 4.62. The first-order valence-corrected chi connectivity index (χ1v) is 7.73. The molecule has 104 valence electrons. The van der Waals surface area contributed by atoms with Gasteiger partial charge in [-0.25, -0.2) is 9.13 Å². The van der Waals surface area contributed by atoms with Crippen LogP contribution in [0.2, 0.25) is 0 Å². The number of aliphatic hydroxyl groups is 1. The van der Waals surface area contributed by atoms with E-state index in [0.29, 0.717) is 0 Å². The predicted molar refractivity (Wildman–Crippen MR) is 59.2 cm³/mol. The van der Waals surface area contributed by atoms with Crippen molar-refractivity contribution in [1.29, 1.82) is 0 Å². The molecule has 0 radical (unpaired) electrons. The summed E-state index contributed by atoms with van der Waals surface area (Å²) in [4.78, 5) is 17.2. The molecule has 0 rings (SSSR count). The molecular formula is C7H18O8P2. The highest BCUT2D eigenvalue weighted by Crippen LogP contribution is 2.61. The Kier molecular flexibility index (Phi) is 6.49. The van der Waals surface area contributed by atoms with Crippen LogP contribution in [-0.2, 0) is 22.5 Å². The Morgan fingerprint density at radius 2 is 1.65 bits per heavy atom. The monoisotopic (exact) mass is 292 g/mol. The van der Waals surface area contributed by atoms with Gasteiger partial charge < -0.3 is 14.9 Å². The molecule has 0 aromatic rings. The van der Waals surface area contributed by atoms with Crippen LogP contribution in [-0.4, -0.2) is 34.7 Å². The van der Waals surface area contributed by atoms with Crippen molar-refractivity contribution in [2.24, 2.45) is 5.41 Å². The van der Waals surface area contributed by atoms with Gasteiger partial charge in [-0.1, -0.05) is 20.8 Å². The molecule has 8 nitrogen and oxygen atoms in total. The Labute approximate surface area is 99.8 Å². The lowest BCUT2D eigenvalue weighted by Gasteiger charge is -2.23. The van der Waals surface area contributed by atoms with E-state index < -0.39 is 34.3 Å². The van der Waals surface area contributed by atoms with Crippen molar-refractivity contribution in [3.05, 3.63) is 0 Å². The van der Waals surface area contributed by atoms with Crippen LogP contribution in [0.25, 0.3) is 0 Å². The molecule has 0 aliphatic heterocycles. The molecule has 0 aromatic heterocycles. The van der Waals surface area contributed by atoms with Gasteiger partial charge in [0.25, 0.3) is 0 Å². The van der Waals surface area contributed by atoms with Gasteiger partial charge in [-0.3, -0.25) is 9.05 Å². The van der Waals surface area contributed by atoms with Gasteiger partial charge in [-0.15, -0.1) is 0 Å². The van der Waals surface area contributed by atoms with E-state index in [0.717, 1.165) is 0 Å². The Hall–Kier alpha value is 0.220. The maximum absolute atomic E-state index is 11.8. The predicted octanol–water partition coefficient (Wildman–Crippen LogP) is 1.28. The molecule has 0 heterocycles. The fraction of sp³-hybridized carbons (Fsp3) is 1.00. The van der Waals surface area contributed by atoms with Crippen molar-refractivity contribution < 1.29 is 37.4 Å². The van der Waals surface area contributed by atoms with Gasteiger partial charge in [0.05, 0.1) is 19.8 Å². The van der Waals surface area contributed by atoms with Crippen molar-refractivity contribution in [2.75, 3.05) is 19.8 Å². The molecule has 0 saturated heterocycles. The minimum atomic E-state index is -5.00. The molecule has 10 heteroatoms. The molecular weight excluding hydrogens is 274 g/mol. The lowest BCUT2D eigenvalue weighted by Crippen LogP contribution is -2.15. The third-order valence-electron chi connectivity index (χ3n) is 1.20. The molecule has 0 spiro atoms. The smallest absolute Gasteiger partial charge is 0.394 e. The number of phosphoric acid groups is 2. The van der Waals surface area contributed by atoms with Crippen LogP contribution in [0.1, 0.15) is 20.8 Å². The van der Waals surface area contributed by atoms with Crippen molar-refractivity contribution in [3.8, 4) is 0 Å². The molecule has 0 aliphatic rings. The molecule has 0 aromatic carbocycles. The fourth-order valence-corrected chi connectivity index (χ4v) is 2.98. The summed E-state index contributed by atoms with van der Waals surface area (Å²) in [5.41, 5.74) is -0.392. The highest BCUT2D eigenvalue weighted by molar-refractivity contribution is 7.61. The van der Waals surface area contributed by atoms with E-state index in [1.165, 1.54) is 0 Å². The van der Waals surface area contributed by atoms with E-state index in [9.17, 15) is 9.13 Å². The second-order valence-corrected chi connectivity index (χ2v) is 7.46. The van der Waals surface area contributed by atoms with Crippen molar-refractivity contribution in [1.82, 2.24) is 0 Å². The fourth-order valence-electron chi connectivity index (χ4n) is 0.640. The van der Waals surface area contributed by atoms with Gasteiger partial charge >= 0.3 is 15.6 Å². The molecule has 1 atom stereocenters. The average molecular weight is 292 g/mol. The largest absolute Gasteiger partial charge is 0.483 e. The summed E-state index contributed by atoms with van der Waals surface area (Å²) in [6.07, 6.45) is 0. The SMILES string of the molecule is CC(C)(C)COP(=O)(OCCO)OP(=O)(O)O. The molecule has 0 fully saturated rings. The maximum Gasteiger partial charge on any atom is 0.483 e. The second kappa shape index (κ2) is 6.41. The van der Waals surface area contributed by atoms with Crippen LogP contribution in [0.4, 0.5) is 0 Å². The van der Waals surface area contributed by atoms with Gasteiger partial charge in [0.2, 0.25) is 0 Å². The minimum absolute atomic E-state index is 0.0876. The standard InChI is InChI=1S/C7H18O8P2/c1-7(2,3)6-14-17(12,13-5-4-8)15-16(9,10)11/h8H,4-6H2,1-3H3,(H2,9,10,11). The van der Waals surface area contributed by atoms with Gasteiger partial charge in [0.1, 0.15) is 0 Å². The first kappa shape index (κ1) is 17.2. The molecule has 0 amide bonds.